The molecule has 26 heavy (non-hydrogen) atoms. The summed E-state index contributed by atoms with van der Waals surface area (Å²) in [5.41, 5.74) is 1.11. The van der Waals surface area contributed by atoms with E-state index >= 15 is 0 Å². The minimum absolute atomic E-state index is 0.0344. The lowest BCUT2D eigenvalue weighted by Gasteiger charge is -2.20. The van der Waals surface area contributed by atoms with E-state index in [1.807, 2.05) is 25.3 Å². The summed E-state index contributed by atoms with van der Waals surface area (Å²) in [6.07, 6.45) is 1.98. The maximum absolute atomic E-state index is 12.1. The van der Waals surface area contributed by atoms with E-state index in [2.05, 4.69) is 17.2 Å². The quantitative estimate of drug-likeness (QED) is 0.697. The number of imidazole rings is 1. The fraction of sp³-hybridized carbons (Fsp3) is 0.529. The lowest BCUT2D eigenvalue weighted by molar-refractivity contribution is -0.119. The second kappa shape index (κ2) is 7.98. The molecule has 0 saturated carbocycles. The fourth-order valence-electron chi connectivity index (χ4n) is 2.49. The lowest BCUT2D eigenvalue weighted by Crippen LogP contribution is -2.41. The maximum atomic E-state index is 12.1. The first-order chi connectivity index (χ1) is 12.0. The van der Waals surface area contributed by atoms with Crippen LogP contribution in [0.2, 0.25) is 0 Å². The van der Waals surface area contributed by atoms with Gasteiger partial charge in [-0.1, -0.05) is 25.1 Å². The topological polar surface area (TPSA) is 107 Å². The van der Waals surface area contributed by atoms with Crippen LogP contribution in [0.3, 0.4) is 0 Å². The summed E-state index contributed by atoms with van der Waals surface area (Å²) in [6.45, 7) is 8.65. The molecule has 1 amide bonds. The molecule has 0 spiro atoms. The SMILES string of the molecule is CCCCn1c(SCC(=O)NC(C)(C)C)nc2cc(S(N)(=O)=O)ccc21. The molecular weight excluding hydrogens is 372 g/mol. The molecule has 0 bridgehead atoms. The standard InChI is InChI=1S/C17H26N4O3S2/c1-5-6-9-21-14-8-7-12(26(18,23)24)10-13(14)19-16(21)25-11-15(22)20-17(2,3)4/h7-8,10H,5-6,9,11H2,1-4H3,(H,20,22)(H2,18,23,24). The minimum atomic E-state index is -3.78. The van der Waals surface area contributed by atoms with Crippen molar-refractivity contribution < 1.29 is 13.2 Å². The number of fused-ring (bicyclic) bond motifs is 1. The molecule has 0 unspecified atom stereocenters. The average Bonchev–Trinajstić information content (AvgIpc) is 2.85. The Morgan fingerprint density at radius 1 is 1.35 bits per heavy atom. The van der Waals surface area contributed by atoms with Crippen molar-refractivity contribution in [1.29, 1.82) is 0 Å². The van der Waals surface area contributed by atoms with Gasteiger partial charge in [0.1, 0.15) is 0 Å². The molecule has 2 aromatic rings. The molecule has 0 radical (unpaired) electrons. The van der Waals surface area contributed by atoms with Gasteiger partial charge in [-0.25, -0.2) is 18.5 Å². The van der Waals surface area contributed by atoms with Crippen molar-refractivity contribution in [3.05, 3.63) is 18.2 Å². The molecule has 9 heteroatoms. The summed E-state index contributed by atoms with van der Waals surface area (Å²) in [5.74, 6) is 0.177. The van der Waals surface area contributed by atoms with E-state index in [4.69, 9.17) is 5.14 Å². The molecule has 3 N–H and O–H groups in total. The fourth-order valence-corrected chi connectivity index (χ4v) is 3.87. The summed E-state index contributed by atoms with van der Waals surface area (Å²) in [6, 6.07) is 4.69. The number of hydrogen-bond donors (Lipinski definition) is 2. The van der Waals surface area contributed by atoms with Crippen LogP contribution < -0.4 is 10.5 Å². The van der Waals surface area contributed by atoms with Gasteiger partial charge in [-0.2, -0.15) is 0 Å². The van der Waals surface area contributed by atoms with E-state index in [1.165, 1.54) is 23.9 Å². The first kappa shape index (κ1) is 20.7. The molecule has 1 aromatic carbocycles. The van der Waals surface area contributed by atoms with Gasteiger partial charge >= 0.3 is 0 Å². The Bertz CT molecular complexity index is 899. The molecule has 144 valence electrons. The Morgan fingerprint density at radius 2 is 2.04 bits per heavy atom. The van der Waals surface area contributed by atoms with Crippen LogP contribution in [0.15, 0.2) is 28.3 Å². The Labute approximate surface area is 158 Å². The van der Waals surface area contributed by atoms with Gasteiger partial charge in [-0.15, -0.1) is 0 Å². The number of benzene rings is 1. The van der Waals surface area contributed by atoms with E-state index in [1.54, 1.807) is 6.07 Å². The number of carbonyl (C=O) groups excluding carboxylic acids is 1. The number of thioether (sulfide) groups is 1. The number of nitrogens with zero attached hydrogens (tertiary/aromatic N) is 2. The molecule has 0 aliphatic heterocycles. The highest BCUT2D eigenvalue weighted by Crippen LogP contribution is 2.26. The van der Waals surface area contributed by atoms with E-state index in [-0.39, 0.29) is 22.1 Å². The molecule has 0 saturated heterocycles. The number of carbonyl (C=O) groups is 1. The third-order valence-electron chi connectivity index (χ3n) is 3.60. The lowest BCUT2D eigenvalue weighted by atomic mass is 10.1. The summed E-state index contributed by atoms with van der Waals surface area (Å²) >= 11 is 1.34. The average molecular weight is 399 g/mol. The van der Waals surface area contributed by atoms with Crippen molar-refractivity contribution in [1.82, 2.24) is 14.9 Å². The number of aromatic nitrogens is 2. The van der Waals surface area contributed by atoms with Gasteiger partial charge < -0.3 is 9.88 Å². The minimum Gasteiger partial charge on any atom is -0.351 e. The molecule has 7 nitrogen and oxygen atoms in total. The zero-order valence-corrected chi connectivity index (χ0v) is 17.2. The van der Waals surface area contributed by atoms with Crippen LogP contribution in [-0.4, -0.2) is 35.2 Å². The van der Waals surface area contributed by atoms with E-state index in [9.17, 15) is 13.2 Å². The molecule has 2 rings (SSSR count). The Hall–Kier alpha value is -1.58. The Kier molecular flexibility index (Phi) is 6.36. The number of sulfonamides is 1. The Morgan fingerprint density at radius 3 is 2.62 bits per heavy atom. The van der Waals surface area contributed by atoms with Crippen LogP contribution in [-0.2, 0) is 21.4 Å². The molecule has 0 aliphatic rings. The highest BCUT2D eigenvalue weighted by Gasteiger charge is 2.18. The predicted molar refractivity (Wildman–Crippen MR) is 105 cm³/mol. The van der Waals surface area contributed by atoms with Crippen LogP contribution in [0.4, 0.5) is 0 Å². The second-order valence-corrected chi connectivity index (χ2v) is 9.69. The number of nitrogens with one attached hydrogen (secondary N) is 1. The number of unbranched alkanes of at least 4 members (excludes halogenated alkanes) is 1. The van der Waals surface area contributed by atoms with Gasteiger partial charge in [0, 0.05) is 12.1 Å². The van der Waals surface area contributed by atoms with Crippen LogP contribution in [0, 0.1) is 0 Å². The monoisotopic (exact) mass is 398 g/mol. The van der Waals surface area contributed by atoms with E-state index in [0.717, 1.165) is 24.9 Å². The summed E-state index contributed by atoms with van der Waals surface area (Å²) in [5, 5.41) is 8.83. The molecule has 0 atom stereocenters. The van der Waals surface area contributed by atoms with Crippen LogP contribution in [0.1, 0.15) is 40.5 Å². The summed E-state index contributed by atoms with van der Waals surface area (Å²) in [7, 11) is -3.78. The number of hydrogen-bond acceptors (Lipinski definition) is 5. The number of rotatable bonds is 7. The van der Waals surface area contributed by atoms with Gasteiger partial charge in [-0.3, -0.25) is 4.79 Å². The Balaban J connectivity index is 2.32. The van der Waals surface area contributed by atoms with E-state index in [0.29, 0.717) is 10.7 Å². The van der Waals surface area contributed by atoms with Crippen LogP contribution in [0.5, 0.6) is 0 Å². The van der Waals surface area contributed by atoms with Crippen molar-refractivity contribution in [3.63, 3.8) is 0 Å². The highest BCUT2D eigenvalue weighted by molar-refractivity contribution is 7.99. The highest BCUT2D eigenvalue weighted by atomic mass is 32.2. The first-order valence-electron chi connectivity index (χ1n) is 8.48. The van der Waals surface area contributed by atoms with Gasteiger partial charge in [-0.05, 0) is 45.4 Å². The number of primary sulfonamides is 1. The van der Waals surface area contributed by atoms with Gasteiger partial charge in [0.2, 0.25) is 15.9 Å². The summed E-state index contributed by atoms with van der Waals surface area (Å²) in [4.78, 5) is 16.7. The smallest absolute Gasteiger partial charge is 0.238 e. The molecule has 0 aliphatic carbocycles. The maximum Gasteiger partial charge on any atom is 0.238 e. The predicted octanol–water partition coefficient (Wildman–Crippen LogP) is 2.49. The molecule has 1 heterocycles. The number of aryl methyl sites for hydroxylation is 1. The van der Waals surface area contributed by atoms with Crippen molar-refractivity contribution >= 4 is 38.7 Å². The van der Waals surface area contributed by atoms with Crippen molar-refractivity contribution in [2.75, 3.05) is 5.75 Å². The van der Waals surface area contributed by atoms with E-state index < -0.39 is 10.0 Å². The first-order valence-corrected chi connectivity index (χ1v) is 11.0. The summed E-state index contributed by atoms with van der Waals surface area (Å²) < 4.78 is 25.2. The van der Waals surface area contributed by atoms with Crippen LogP contribution >= 0.6 is 11.8 Å². The van der Waals surface area contributed by atoms with Gasteiger partial charge in [0.25, 0.3) is 0 Å². The normalized spacial score (nSPS) is 12.5. The van der Waals surface area contributed by atoms with Crippen molar-refractivity contribution in [2.45, 2.75) is 62.7 Å². The largest absolute Gasteiger partial charge is 0.351 e. The molecule has 1 aromatic heterocycles. The zero-order chi connectivity index (χ0) is 19.5. The van der Waals surface area contributed by atoms with Crippen molar-refractivity contribution in [2.24, 2.45) is 5.14 Å². The van der Waals surface area contributed by atoms with Crippen LogP contribution in [0.25, 0.3) is 11.0 Å². The third kappa shape index (κ3) is 5.46. The second-order valence-electron chi connectivity index (χ2n) is 7.18. The zero-order valence-electron chi connectivity index (χ0n) is 15.6. The number of amides is 1. The molecule has 0 fully saturated rings. The molecular formula is C17H26N4O3S2. The van der Waals surface area contributed by atoms with Gasteiger partial charge in [0.15, 0.2) is 5.16 Å². The number of nitrogens with two attached hydrogens (primary N) is 1. The van der Waals surface area contributed by atoms with Gasteiger partial charge in [0.05, 0.1) is 21.7 Å². The third-order valence-corrected chi connectivity index (χ3v) is 5.48. The van der Waals surface area contributed by atoms with Crippen molar-refractivity contribution in [3.8, 4) is 0 Å².